The van der Waals surface area contributed by atoms with Crippen molar-refractivity contribution in [3.05, 3.63) is 51.5 Å². The summed E-state index contributed by atoms with van der Waals surface area (Å²) in [6.07, 6.45) is 0. The summed E-state index contributed by atoms with van der Waals surface area (Å²) in [6, 6.07) is 8.59. The molecule has 0 saturated carbocycles. The van der Waals surface area contributed by atoms with Crippen molar-refractivity contribution in [3.8, 4) is 5.75 Å². The van der Waals surface area contributed by atoms with Crippen LogP contribution in [0.15, 0.2) is 36.4 Å². The first-order valence-electron chi connectivity index (χ1n) is 5.62. The Labute approximate surface area is 141 Å². The van der Waals surface area contributed by atoms with Crippen LogP contribution in [0.5, 0.6) is 5.75 Å². The smallest absolute Gasteiger partial charge is 0.336 e. The van der Waals surface area contributed by atoms with Crippen LogP contribution in [-0.2, 0) is 0 Å². The molecule has 0 fully saturated rings. The summed E-state index contributed by atoms with van der Waals surface area (Å²) in [5, 5.41) is 13.3. The minimum atomic E-state index is -0.603. The van der Waals surface area contributed by atoms with Gasteiger partial charge < -0.3 is 10.4 Å². The third-order valence-corrected chi connectivity index (χ3v) is 3.64. The predicted octanol–water partition coefficient (Wildman–Crippen LogP) is 5.24. The number of anilines is 2. The number of urea groups is 1. The van der Waals surface area contributed by atoms with Crippen molar-refractivity contribution in [2.75, 3.05) is 9.62 Å². The van der Waals surface area contributed by atoms with Gasteiger partial charge in [-0.1, -0.05) is 53.7 Å². The summed E-state index contributed by atoms with van der Waals surface area (Å²) >= 11 is 21.5. The Hall–Kier alpha value is -1.27. The Morgan fingerprint density at radius 3 is 2.38 bits per heavy atom. The number of phenols is 1. The zero-order chi connectivity index (χ0) is 15.6. The topological polar surface area (TPSA) is 52.6 Å². The number of benzene rings is 2. The van der Waals surface area contributed by atoms with Gasteiger partial charge in [-0.3, -0.25) is 0 Å². The maximum atomic E-state index is 12.1. The van der Waals surface area contributed by atoms with Gasteiger partial charge in [-0.05, 0) is 30.3 Å². The number of hydrogen-bond acceptors (Lipinski definition) is 3. The largest absolute Gasteiger partial charge is 0.504 e. The molecule has 0 aliphatic rings. The molecule has 0 atom stereocenters. The molecule has 0 aromatic heterocycles. The lowest BCUT2D eigenvalue weighted by Gasteiger charge is -2.18. The van der Waals surface area contributed by atoms with E-state index in [1.807, 2.05) is 0 Å². The van der Waals surface area contributed by atoms with E-state index in [0.29, 0.717) is 15.7 Å². The van der Waals surface area contributed by atoms with E-state index in [-0.39, 0.29) is 16.5 Å². The van der Waals surface area contributed by atoms with Crippen LogP contribution in [-0.4, -0.2) is 11.1 Å². The summed E-state index contributed by atoms with van der Waals surface area (Å²) in [4.78, 5) is 12.1. The maximum Gasteiger partial charge on any atom is 0.336 e. The second-order valence-corrected chi connectivity index (χ2v) is 5.69. The number of amides is 2. The van der Waals surface area contributed by atoms with Gasteiger partial charge in [0.05, 0.1) is 5.02 Å². The van der Waals surface area contributed by atoms with E-state index in [0.717, 1.165) is 4.31 Å². The minimum Gasteiger partial charge on any atom is -0.504 e. The highest BCUT2D eigenvalue weighted by Gasteiger charge is 2.17. The van der Waals surface area contributed by atoms with Gasteiger partial charge in [-0.15, -0.1) is 0 Å². The lowest BCUT2D eigenvalue weighted by molar-refractivity contribution is 0.260. The van der Waals surface area contributed by atoms with Crippen LogP contribution in [0.25, 0.3) is 0 Å². The number of rotatable bonds is 2. The summed E-state index contributed by atoms with van der Waals surface area (Å²) in [6.45, 7) is 0. The second kappa shape index (κ2) is 6.66. The van der Waals surface area contributed by atoms with Crippen molar-refractivity contribution in [1.29, 1.82) is 0 Å². The van der Waals surface area contributed by atoms with Gasteiger partial charge in [-0.25, -0.2) is 9.10 Å². The summed E-state index contributed by atoms with van der Waals surface area (Å²) in [5.74, 6) is -0.242. The van der Waals surface area contributed by atoms with Crippen molar-refractivity contribution in [3.63, 3.8) is 0 Å². The van der Waals surface area contributed by atoms with Crippen molar-refractivity contribution in [2.24, 2.45) is 0 Å². The van der Waals surface area contributed by atoms with Crippen LogP contribution in [0.1, 0.15) is 0 Å². The molecule has 0 spiro atoms. The SMILES string of the molecule is O=C(Nc1cc(Cl)cc(Cl)c1)N(S)c1cccc(Cl)c1O. The molecule has 0 radical (unpaired) electrons. The van der Waals surface area contributed by atoms with Crippen LogP contribution in [0.3, 0.4) is 0 Å². The lowest BCUT2D eigenvalue weighted by atomic mass is 10.3. The fourth-order valence-electron chi connectivity index (χ4n) is 1.59. The first kappa shape index (κ1) is 16.1. The van der Waals surface area contributed by atoms with E-state index in [1.54, 1.807) is 12.1 Å². The third-order valence-electron chi connectivity index (χ3n) is 2.50. The first-order chi connectivity index (χ1) is 9.88. The molecule has 4 nitrogen and oxygen atoms in total. The molecule has 2 aromatic rings. The summed E-state index contributed by atoms with van der Waals surface area (Å²) in [7, 11) is 0. The zero-order valence-corrected chi connectivity index (χ0v) is 13.5. The van der Waals surface area contributed by atoms with Crippen LogP contribution in [0.4, 0.5) is 16.2 Å². The molecule has 8 heteroatoms. The molecular weight excluding hydrogens is 355 g/mol. The highest BCUT2D eigenvalue weighted by Crippen LogP contribution is 2.35. The monoisotopic (exact) mass is 362 g/mol. The molecule has 110 valence electrons. The fraction of sp³-hybridized carbons (Fsp3) is 0. The van der Waals surface area contributed by atoms with Crippen LogP contribution in [0, 0.1) is 0 Å². The number of aromatic hydroxyl groups is 1. The third kappa shape index (κ3) is 3.89. The van der Waals surface area contributed by atoms with E-state index < -0.39 is 6.03 Å². The molecule has 0 aliphatic heterocycles. The Morgan fingerprint density at radius 1 is 1.14 bits per heavy atom. The van der Waals surface area contributed by atoms with Crippen molar-refractivity contribution < 1.29 is 9.90 Å². The zero-order valence-electron chi connectivity index (χ0n) is 10.3. The number of phenolic OH excluding ortho intramolecular Hbond substituents is 1. The number of nitrogens with zero attached hydrogens (tertiary/aromatic N) is 1. The molecule has 2 rings (SSSR count). The van der Waals surface area contributed by atoms with Crippen molar-refractivity contribution >= 4 is 65.0 Å². The van der Waals surface area contributed by atoms with Gasteiger partial charge in [-0.2, -0.15) is 0 Å². The van der Waals surface area contributed by atoms with E-state index in [1.165, 1.54) is 24.3 Å². The fourth-order valence-corrected chi connectivity index (χ4v) is 2.49. The van der Waals surface area contributed by atoms with Gasteiger partial charge in [0.15, 0.2) is 5.75 Å². The Balaban J connectivity index is 2.21. The van der Waals surface area contributed by atoms with Crippen LogP contribution < -0.4 is 9.62 Å². The molecular formula is C13H9Cl3N2O2S. The first-order valence-corrected chi connectivity index (χ1v) is 7.15. The van der Waals surface area contributed by atoms with E-state index >= 15 is 0 Å². The number of halogens is 3. The molecule has 0 bridgehead atoms. The molecule has 2 aromatic carbocycles. The minimum absolute atomic E-state index is 0.116. The summed E-state index contributed by atoms with van der Waals surface area (Å²) in [5.41, 5.74) is 0.550. The molecule has 2 amide bonds. The highest BCUT2D eigenvalue weighted by molar-refractivity contribution is 7.82. The van der Waals surface area contributed by atoms with E-state index in [9.17, 15) is 9.90 Å². The number of carbonyl (C=O) groups is 1. The number of carbonyl (C=O) groups excluding carboxylic acids is 1. The highest BCUT2D eigenvalue weighted by atomic mass is 35.5. The average molecular weight is 364 g/mol. The average Bonchev–Trinajstić information content (AvgIpc) is 2.40. The van der Waals surface area contributed by atoms with E-state index in [4.69, 9.17) is 34.8 Å². The van der Waals surface area contributed by atoms with E-state index in [2.05, 4.69) is 18.1 Å². The molecule has 21 heavy (non-hydrogen) atoms. The van der Waals surface area contributed by atoms with Crippen molar-refractivity contribution in [1.82, 2.24) is 0 Å². The van der Waals surface area contributed by atoms with Gasteiger partial charge >= 0.3 is 6.03 Å². The standard InChI is InChI=1S/C13H9Cl3N2O2S/c14-7-4-8(15)6-9(5-7)17-13(20)18(21)11-3-1-2-10(16)12(11)19/h1-6,19,21H,(H,17,20). The molecule has 0 aliphatic carbocycles. The predicted molar refractivity (Wildman–Crippen MR) is 90.1 cm³/mol. The summed E-state index contributed by atoms with van der Waals surface area (Å²) < 4.78 is 0.927. The second-order valence-electron chi connectivity index (χ2n) is 4.01. The quantitative estimate of drug-likeness (QED) is 0.639. The number of thiol groups is 1. The van der Waals surface area contributed by atoms with Crippen LogP contribution >= 0.6 is 47.6 Å². The lowest BCUT2D eigenvalue weighted by Crippen LogP contribution is -2.26. The van der Waals surface area contributed by atoms with Gasteiger partial charge in [0.25, 0.3) is 0 Å². The molecule has 0 saturated heterocycles. The van der Waals surface area contributed by atoms with Gasteiger partial charge in [0.1, 0.15) is 5.69 Å². The van der Waals surface area contributed by atoms with Crippen molar-refractivity contribution in [2.45, 2.75) is 0 Å². The molecule has 0 heterocycles. The Kier molecular flexibility index (Phi) is 5.11. The Bertz CT molecular complexity index is 677. The number of para-hydroxylation sites is 1. The number of hydrogen-bond donors (Lipinski definition) is 3. The molecule has 2 N–H and O–H groups in total. The van der Waals surface area contributed by atoms with Gasteiger partial charge in [0, 0.05) is 15.7 Å². The van der Waals surface area contributed by atoms with Gasteiger partial charge in [0.2, 0.25) is 0 Å². The number of nitrogens with one attached hydrogen (secondary N) is 1. The Morgan fingerprint density at radius 2 is 1.76 bits per heavy atom. The van der Waals surface area contributed by atoms with Crippen LogP contribution in [0.2, 0.25) is 15.1 Å². The normalized spacial score (nSPS) is 10.3. The maximum absolute atomic E-state index is 12.1. The molecule has 0 unspecified atom stereocenters.